The lowest BCUT2D eigenvalue weighted by atomic mass is 10.1. The third kappa shape index (κ3) is 1.59. The zero-order valence-electron chi connectivity index (χ0n) is 9.62. The fourth-order valence-corrected chi connectivity index (χ4v) is 2.77. The normalized spacial score (nSPS) is 23.8. The topological polar surface area (TPSA) is 6.48 Å². The van der Waals surface area contributed by atoms with Gasteiger partial charge >= 0.3 is 0 Å². The quantitative estimate of drug-likeness (QED) is 0.715. The lowest BCUT2D eigenvalue weighted by Gasteiger charge is -2.42. The van der Waals surface area contributed by atoms with E-state index in [1.807, 2.05) is 12.1 Å². The summed E-state index contributed by atoms with van der Waals surface area (Å²) in [6.45, 7) is 3.30. The maximum atomic E-state index is 12.9. The molecule has 0 aromatic heterocycles. The van der Waals surface area contributed by atoms with E-state index in [0.29, 0.717) is 5.54 Å². The van der Waals surface area contributed by atoms with Crippen molar-refractivity contribution in [3.63, 3.8) is 0 Å². The molecule has 0 radical (unpaired) electrons. The number of hydrogen-bond acceptors (Lipinski definition) is 2. The number of hydrogen-bond donors (Lipinski definition) is 0. The van der Waals surface area contributed by atoms with Crippen LogP contribution in [0.1, 0.15) is 12.8 Å². The highest BCUT2D eigenvalue weighted by Crippen LogP contribution is 2.46. The van der Waals surface area contributed by atoms with Crippen LogP contribution >= 0.6 is 0 Å². The van der Waals surface area contributed by atoms with Gasteiger partial charge in [-0.2, -0.15) is 0 Å². The summed E-state index contributed by atoms with van der Waals surface area (Å²) in [5.41, 5.74) is 1.53. The molecule has 16 heavy (non-hydrogen) atoms. The predicted octanol–water partition coefficient (Wildman–Crippen LogP) is 2.11. The van der Waals surface area contributed by atoms with Gasteiger partial charge in [0, 0.05) is 25.3 Å². The molecule has 1 aliphatic carbocycles. The molecule has 86 valence electrons. The first-order valence-electron chi connectivity index (χ1n) is 5.91. The molecule has 0 N–H and O–H groups in total. The van der Waals surface area contributed by atoms with Gasteiger partial charge in [-0.3, -0.25) is 0 Å². The standard InChI is InChI=1S/C13H17FN2/c1-15-8-9-16(13(10-15)6-7-13)12-4-2-11(14)3-5-12/h2-5H,6-10H2,1H3. The molecule has 1 heterocycles. The van der Waals surface area contributed by atoms with E-state index >= 15 is 0 Å². The van der Waals surface area contributed by atoms with Crippen LogP contribution in [0, 0.1) is 5.82 Å². The Hall–Kier alpha value is -1.09. The van der Waals surface area contributed by atoms with Crippen molar-refractivity contribution in [2.45, 2.75) is 18.4 Å². The van der Waals surface area contributed by atoms with Crippen molar-refractivity contribution in [3.8, 4) is 0 Å². The minimum absolute atomic E-state index is 0.150. The van der Waals surface area contributed by atoms with Gasteiger partial charge in [-0.25, -0.2) is 4.39 Å². The highest BCUT2D eigenvalue weighted by Gasteiger charge is 2.50. The first-order valence-corrected chi connectivity index (χ1v) is 5.91. The van der Waals surface area contributed by atoms with Gasteiger partial charge in [-0.1, -0.05) is 0 Å². The summed E-state index contributed by atoms with van der Waals surface area (Å²) in [7, 11) is 2.18. The summed E-state index contributed by atoms with van der Waals surface area (Å²) in [6, 6.07) is 6.93. The van der Waals surface area contributed by atoms with E-state index in [9.17, 15) is 4.39 Å². The Morgan fingerprint density at radius 1 is 1.12 bits per heavy atom. The minimum Gasteiger partial charge on any atom is -0.363 e. The van der Waals surface area contributed by atoms with Crippen molar-refractivity contribution < 1.29 is 4.39 Å². The predicted molar refractivity (Wildman–Crippen MR) is 63.2 cm³/mol. The molecule has 0 unspecified atom stereocenters. The van der Waals surface area contributed by atoms with Crippen molar-refractivity contribution in [1.29, 1.82) is 0 Å². The van der Waals surface area contributed by atoms with E-state index in [-0.39, 0.29) is 5.82 Å². The zero-order chi connectivity index (χ0) is 11.2. The van der Waals surface area contributed by atoms with Crippen LogP contribution in [0.25, 0.3) is 0 Å². The van der Waals surface area contributed by atoms with Crippen molar-refractivity contribution in [2.24, 2.45) is 0 Å². The third-order valence-electron chi connectivity index (χ3n) is 3.81. The largest absolute Gasteiger partial charge is 0.363 e. The van der Waals surface area contributed by atoms with Crippen molar-refractivity contribution in [3.05, 3.63) is 30.1 Å². The Morgan fingerprint density at radius 2 is 1.81 bits per heavy atom. The molecule has 1 aliphatic heterocycles. The lowest BCUT2D eigenvalue weighted by Crippen LogP contribution is -2.53. The third-order valence-corrected chi connectivity index (χ3v) is 3.81. The summed E-state index contributed by atoms with van der Waals surface area (Å²) in [5, 5.41) is 0. The number of nitrogens with zero attached hydrogens (tertiary/aromatic N) is 2. The fraction of sp³-hybridized carbons (Fsp3) is 0.538. The van der Waals surface area contributed by atoms with Gasteiger partial charge in [0.2, 0.25) is 0 Å². The van der Waals surface area contributed by atoms with Crippen LogP contribution in [-0.4, -0.2) is 37.1 Å². The van der Waals surface area contributed by atoms with E-state index in [1.165, 1.54) is 18.5 Å². The van der Waals surface area contributed by atoms with Gasteiger partial charge in [0.25, 0.3) is 0 Å². The van der Waals surface area contributed by atoms with Crippen molar-refractivity contribution in [2.75, 3.05) is 31.6 Å². The number of benzene rings is 1. The Labute approximate surface area is 95.7 Å². The summed E-state index contributed by atoms with van der Waals surface area (Å²) in [5.74, 6) is -0.150. The summed E-state index contributed by atoms with van der Waals surface area (Å²) < 4.78 is 12.9. The van der Waals surface area contributed by atoms with Gasteiger partial charge in [0.05, 0.1) is 5.54 Å². The van der Waals surface area contributed by atoms with Gasteiger partial charge in [0.15, 0.2) is 0 Å². The Kier molecular flexibility index (Phi) is 2.18. The van der Waals surface area contributed by atoms with Gasteiger partial charge < -0.3 is 9.80 Å². The minimum atomic E-state index is -0.150. The highest BCUT2D eigenvalue weighted by molar-refractivity contribution is 5.52. The smallest absolute Gasteiger partial charge is 0.123 e. The maximum Gasteiger partial charge on any atom is 0.123 e. The monoisotopic (exact) mass is 220 g/mol. The second-order valence-electron chi connectivity index (χ2n) is 5.09. The number of halogens is 1. The Bertz CT molecular complexity index is 383. The van der Waals surface area contributed by atoms with Gasteiger partial charge in [-0.15, -0.1) is 0 Å². The summed E-state index contributed by atoms with van der Waals surface area (Å²) in [4.78, 5) is 4.86. The van der Waals surface area contributed by atoms with E-state index < -0.39 is 0 Å². The van der Waals surface area contributed by atoms with E-state index in [4.69, 9.17) is 0 Å². The van der Waals surface area contributed by atoms with Crippen LogP contribution in [-0.2, 0) is 0 Å². The van der Waals surface area contributed by atoms with Crippen molar-refractivity contribution >= 4 is 5.69 Å². The fourth-order valence-electron chi connectivity index (χ4n) is 2.77. The van der Waals surface area contributed by atoms with Gasteiger partial charge in [0.1, 0.15) is 5.82 Å². The van der Waals surface area contributed by atoms with E-state index in [2.05, 4.69) is 16.8 Å². The van der Waals surface area contributed by atoms with Crippen LogP contribution < -0.4 is 4.90 Å². The molecule has 3 rings (SSSR count). The number of anilines is 1. The van der Waals surface area contributed by atoms with Crippen LogP contribution in [0.15, 0.2) is 24.3 Å². The molecule has 0 bridgehead atoms. The molecule has 0 amide bonds. The summed E-state index contributed by atoms with van der Waals surface area (Å²) in [6.07, 6.45) is 2.55. The molecule has 0 atom stereocenters. The average Bonchev–Trinajstić information content (AvgIpc) is 3.00. The molecule has 1 spiro atoms. The van der Waals surface area contributed by atoms with Crippen molar-refractivity contribution in [1.82, 2.24) is 4.90 Å². The molecule has 1 saturated heterocycles. The maximum absolute atomic E-state index is 12.9. The molecule has 1 aromatic rings. The first kappa shape index (κ1) is 10.1. The number of likely N-dealkylation sites (N-methyl/N-ethyl adjacent to an activating group) is 1. The molecule has 1 saturated carbocycles. The van der Waals surface area contributed by atoms with Crippen LogP contribution in [0.2, 0.25) is 0 Å². The summed E-state index contributed by atoms with van der Waals surface area (Å²) >= 11 is 0. The average molecular weight is 220 g/mol. The molecule has 1 aromatic carbocycles. The zero-order valence-corrected chi connectivity index (χ0v) is 9.62. The lowest BCUT2D eigenvalue weighted by molar-refractivity contribution is 0.256. The molecule has 2 nitrogen and oxygen atoms in total. The molecule has 3 heteroatoms. The van der Waals surface area contributed by atoms with E-state index in [1.54, 1.807) is 12.1 Å². The molecule has 2 fully saturated rings. The molecular weight excluding hydrogens is 203 g/mol. The number of piperazine rings is 1. The first-order chi connectivity index (χ1) is 7.70. The Balaban J connectivity index is 1.86. The second-order valence-corrected chi connectivity index (χ2v) is 5.09. The molecular formula is C13H17FN2. The number of rotatable bonds is 1. The second kappa shape index (κ2) is 3.45. The van der Waals surface area contributed by atoms with E-state index in [0.717, 1.165) is 19.6 Å². The van der Waals surface area contributed by atoms with Gasteiger partial charge in [-0.05, 0) is 44.2 Å². The Morgan fingerprint density at radius 3 is 2.44 bits per heavy atom. The van der Waals surface area contributed by atoms with Crippen LogP contribution in [0.3, 0.4) is 0 Å². The highest BCUT2D eigenvalue weighted by atomic mass is 19.1. The van der Waals surface area contributed by atoms with Crippen LogP contribution in [0.5, 0.6) is 0 Å². The SMILES string of the molecule is CN1CCN(c2ccc(F)cc2)C2(CC2)C1. The molecule has 2 aliphatic rings. The van der Waals surface area contributed by atoms with Crippen LogP contribution in [0.4, 0.5) is 10.1 Å².